The van der Waals surface area contributed by atoms with Gasteiger partial charge in [-0.25, -0.2) is 9.79 Å². The maximum Gasteiger partial charge on any atom is 0.324 e. The van der Waals surface area contributed by atoms with Gasteiger partial charge in [-0.05, 0) is 55.7 Å². The molecule has 5 nitrogen and oxygen atoms in total. The number of aliphatic imine (C=N–C) groups is 1. The summed E-state index contributed by atoms with van der Waals surface area (Å²) >= 11 is 6.14. The molecule has 0 radical (unpaired) electrons. The number of ether oxygens (including phenoxy) is 1. The summed E-state index contributed by atoms with van der Waals surface area (Å²) in [5, 5.41) is 0.689. The number of benzene rings is 2. The van der Waals surface area contributed by atoms with E-state index in [1.54, 1.807) is 19.1 Å². The van der Waals surface area contributed by atoms with E-state index in [0.29, 0.717) is 17.5 Å². The van der Waals surface area contributed by atoms with Crippen LogP contribution in [-0.2, 0) is 11.2 Å². The Hall–Kier alpha value is -2.53. The third-order valence-corrected chi connectivity index (χ3v) is 5.08. The zero-order valence-corrected chi connectivity index (χ0v) is 16.6. The first-order chi connectivity index (χ1) is 13.0. The smallest absolute Gasteiger partial charge is 0.324 e. The summed E-state index contributed by atoms with van der Waals surface area (Å²) in [6.45, 7) is 2.53. The van der Waals surface area contributed by atoms with Crippen molar-refractivity contribution in [3.63, 3.8) is 0 Å². The molecule has 1 aliphatic rings. The van der Waals surface area contributed by atoms with Crippen LogP contribution in [0.4, 0.5) is 16.2 Å². The molecule has 0 bridgehead atoms. The Morgan fingerprint density at radius 3 is 2.67 bits per heavy atom. The van der Waals surface area contributed by atoms with Crippen molar-refractivity contribution in [2.45, 2.75) is 25.8 Å². The van der Waals surface area contributed by atoms with Gasteiger partial charge in [0.25, 0.3) is 0 Å². The summed E-state index contributed by atoms with van der Waals surface area (Å²) < 4.78 is 5.59. The predicted molar refractivity (Wildman–Crippen MR) is 110 cm³/mol. The fourth-order valence-electron chi connectivity index (χ4n) is 3.39. The number of amides is 2. The van der Waals surface area contributed by atoms with Gasteiger partial charge in [-0.1, -0.05) is 29.8 Å². The summed E-state index contributed by atoms with van der Waals surface area (Å²) in [5.41, 5.74) is 2.76. The third-order valence-electron chi connectivity index (χ3n) is 4.85. The van der Waals surface area contributed by atoms with E-state index in [-0.39, 0.29) is 12.1 Å². The maximum absolute atomic E-state index is 13.2. The number of aryl methyl sites for hydroxylation is 1. The van der Waals surface area contributed by atoms with E-state index in [1.807, 2.05) is 60.4 Å². The molecule has 0 saturated carbocycles. The van der Waals surface area contributed by atoms with Gasteiger partial charge < -0.3 is 9.64 Å². The molecule has 0 spiro atoms. The van der Waals surface area contributed by atoms with Crippen LogP contribution < -0.4 is 4.90 Å². The maximum atomic E-state index is 13.2. The molecule has 1 heterocycles. The molecule has 27 heavy (non-hydrogen) atoms. The Labute approximate surface area is 165 Å². The second-order valence-electron chi connectivity index (χ2n) is 6.44. The number of nitrogens with zero attached hydrogens (tertiary/aromatic N) is 3. The number of methoxy groups -OCH3 is 1. The number of carbonyl (C=O) groups is 1. The first-order valence-corrected chi connectivity index (χ1v) is 9.43. The number of para-hydroxylation sites is 1. The number of halogens is 1. The first-order valence-electron chi connectivity index (χ1n) is 9.05. The van der Waals surface area contributed by atoms with E-state index in [2.05, 4.69) is 4.99 Å². The van der Waals surface area contributed by atoms with Crippen molar-refractivity contribution in [2.75, 3.05) is 25.6 Å². The Kier molecular flexibility index (Phi) is 6.01. The monoisotopic (exact) mass is 385 g/mol. The highest BCUT2D eigenvalue weighted by Gasteiger charge is 2.32. The van der Waals surface area contributed by atoms with E-state index < -0.39 is 0 Å². The molecule has 142 valence electrons. The summed E-state index contributed by atoms with van der Waals surface area (Å²) in [6, 6.07) is 15.0. The average Bonchev–Trinajstić information content (AvgIpc) is 2.88. The highest BCUT2D eigenvalue weighted by Crippen LogP contribution is 2.30. The fourth-order valence-corrected chi connectivity index (χ4v) is 3.58. The van der Waals surface area contributed by atoms with Crippen LogP contribution in [0.1, 0.15) is 18.9 Å². The summed E-state index contributed by atoms with van der Waals surface area (Å²) in [6.07, 6.45) is 1.50. The summed E-state index contributed by atoms with van der Waals surface area (Å²) in [4.78, 5) is 21.3. The largest absolute Gasteiger partial charge is 0.483 e. The molecule has 2 amide bonds. The van der Waals surface area contributed by atoms with E-state index >= 15 is 0 Å². The number of anilines is 1. The lowest BCUT2D eigenvalue weighted by atomic mass is 10.0. The first kappa shape index (κ1) is 19.2. The molecule has 0 fully saturated rings. The minimum absolute atomic E-state index is 0.0811. The molecule has 1 atom stereocenters. The number of hydrogen-bond acceptors (Lipinski definition) is 3. The number of carbonyl (C=O) groups excluding carboxylic acids is 1. The van der Waals surface area contributed by atoms with Crippen LogP contribution in [0.2, 0.25) is 5.02 Å². The van der Waals surface area contributed by atoms with Crippen molar-refractivity contribution in [1.29, 1.82) is 0 Å². The summed E-state index contributed by atoms with van der Waals surface area (Å²) in [5.74, 6) is 0.549. The van der Waals surface area contributed by atoms with Gasteiger partial charge in [-0.3, -0.25) is 4.90 Å². The van der Waals surface area contributed by atoms with Crippen LogP contribution >= 0.6 is 11.6 Å². The van der Waals surface area contributed by atoms with Crippen molar-refractivity contribution in [1.82, 2.24) is 4.90 Å². The number of hydrogen-bond donors (Lipinski definition) is 0. The van der Waals surface area contributed by atoms with Gasteiger partial charge in [-0.2, -0.15) is 0 Å². The molecule has 0 saturated heterocycles. The van der Waals surface area contributed by atoms with Gasteiger partial charge in [-0.15, -0.1) is 0 Å². The topological polar surface area (TPSA) is 45.1 Å². The second kappa shape index (κ2) is 8.44. The van der Waals surface area contributed by atoms with Gasteiger partial charge in [0.15, 0.2) is 0 Å². The van der Waals surface area contributed by atoms with Crippen molar-refractivity contribution < 1.29 is 9.53 Å². The minimum Gasteiger partial charge on any atom is -0.483 e. The minimum atomic E-state index is -0.232. The van der Waals surface area contributed by atoms with E-state index in [9.17, 15) is 4.79 Å². The van der Waals surface area contributed by atoms with E-state index in [0.717, 1.165) is 29.8 Å². The van der Waals surface area contributed by atoms with Gasteiger partial charge in [0, 0.05) is 24.3 Å². The molecule has 0 N–H and O–H groups in total. The number of rotatable bonds is 3. The lowest BCUT2D eigenvalue weighted by Gasteiger charge is -2.33. The lowest BCUT2D eigenvalue weighted by molar-refractivity contribution is 0.190. The van der Waals surface area contributed by atoms with E-state index in [1.165, 1.54) is 0 Å². The van der Waals surface area contributed by atoms with Crippen LogP contribution in [0.15, 0.2) is 53.5 Å². The van der Waals surface area contributed by atoms with Gasteiger partial charge in [0.2, 0.25) is 5.90 Å². The molecule has 1 unspecified atom stereocenters. The molecular formula is C21H24ClN3O2. The number of likely N-dealkylation sites (N-methyl/N-ethyl adjacent to an activating group) is 1. The third kappa shape index (κ3) is 4.08. The van der Waals surface area contributed by atoms with Crippen molar-refractivity contribution >= 4 is 34.9 Å². The zero-order valence-electron chi connectivity index (χ0n) is 15.9. The Morgan fingerprint density at radius 2 is 2.00 bits per heavy atom. The Morgan fingerprint density at radius 1 is 1.26 bits per heavy atom. The average molecular weight is 386 g/mol. The zero-order chi connectivity index (χ0) is 19.4. The Balaban J connectivity index is 1.89. The quantitative estimate of drug-likeness (QED) is 0.753. The summed E-state index contributed by atoms with van der Waals surface area (Å²) in [7, 11) is 3.39. The van der Waals surface area contributed by atoms with Crippen molar-refractivity contribution in [2.24, 2.45) is 4.99 Å². The molecule has 2 aromatic rings. The van der Waals surface area contributed by atoms with Crippen molar-refractivity contribution in [3.05, 3.63) is 59.1 Å². The molecular weight excluding hydrogens is 362 g/mol. The molecule has 6 heteroatoms. The highest BCUT2D eigenvalue weighted by molar-refractivity contribution is 6.30. The number of fused-ring (bicyclic) bond motifs is 1. The fraction of sp³-hybridized carbons (Fsp3) is 0.333. The highest BCUT2D eigenvalue weighted by atomic mass is 35.5. The molecule has 0 aliphatic carbocycles. The van der Waals surface area contributed by atoms with Gasteiger partial charge in [0.1, 0.15) is 6.04 Å². The SMILES string of the molecule is CCN(C(=O)N(C)c1ccccc1)C1CCc2cc(Cl)ccc2N=C1OC. The van der Waals surface area contributed by atoms with Gasteiger partial charge >= 0.3 is 6.03 Å². The second-order valence-corrected chi connectivity index (χ2v) is 6.88. The molecule has 2 aromatic carbocycles. The van der Waals surface area contributed by atoms with Crippen LogP contribution in [-0.4, -0.2) is 43.6 Å². The van der Waals surface area contributed by atoms with Crippen LogP contribution in [0, 0.1) is 0 Å². The number of urea groups is 1. The van der Waals surface area contributed by atoms with Crippen molar-refractivity contribution in [3.8, 4) is 0 Å². The standard InChI is InChI=1S/C21H24ClN3O2/c1-4-25(21(26)24(2)17-8-6-5-7-9-17)19-13-10-15-14-16(22)11-12-18(15)23-20(19)27-3/h5-9,11-12,14,19H,4,10,13H2,1-3H3. The van der Waals surface area contributed by atoms with Crippen LogP contribution in [0.5, 0.6) is 0 Å². The molecule has 0 aromatic heterocycles. The molecule has 3 rings (SSSR count). The van der Waals surface area contributed by atoms with Crippen LogP contribution in [0.3, 0.4) is 0 Å². The lowest BCUT2D eigenvalue weighted by Crippen LogP contribution is -2.50. The van der Waals surface area contributed by atoms with Crippen LogP contribution in [0.25, 0.3) is 0 Å². The normalized spacial score (nSPS) is 16.0. The molecule has 1 aliphatic heterocycles. The van der Waals surface area contributed by atoms with Gasteiger partial charge in [0.05, 0.1) is 12.8 Å². The van der Waals surface area contributed by atoms with E-state index in [4.69, 9.17) is 16.3 Å². The Bertz CT molecular complexity index is 839. The predicted octanol–water partition coefficient (Wildman–Crippen LogP) is 4.91.